The third-order valence-corrected chi connectivity index (χ3v) is 2.42. The summed E-state index contributed by atoms with van der Waals surface area (Å²) in [6.45, 7) is 4.18. The van der Waals surface area contributed by atoms with Crippen LogP contribution in [0.2, 0.25) is 0 Å². The molecule has 0 atom stereocenters. The van der Waals surface area contributed by atoms with Crippen molar-refractivity contribution in [1.82, 2.24) is 0 Å². The van der Waals surface area contributed by atoms with E-state index in [1.165, 1.54) is 21.9 Å². The lowest BCUT2D eigenvalue weighted by Gasteiger charge is -2.04. The molecule has 0 aliphatic rings. The standard InChI is InChI=1S/C12H12N2/c1-8-5-9(2)12-7-11(14-13)4-3-10(12)6-8/h3-7,13H,1-2H3. The highest BCUT2D eigenvalue weighted by Gasteiger charge is 1.99. The van der Waals surface area contributed by atoms with Gasteiger partial charge in [-0.15, -0.1) is 0 Å². The minimum Gasteiger partial charge on any atom is -0.204 e. The number of nitrogens with zero attached hydrogens (tertiary/aromatic N) is 1. The predicted molar refractivity (Wildman–Crippen MR) is 58.2 cm³/mol. The van der Waals surface area contributed by atoms with Crippen LogP contribution < -0.4 is 0 Å². The Bertz CT molecular complexity index is 501. The van der Waals surface area contributed by atoms with E-state index in [2.05, 4.69) is 31.1 Å². The van der Waals surface area contributed by atoms with Gasteiger partial charge in [0.2, 0.25) is 0 Å². The van der Waals surface area contributed by atoms with E-state index < -0.39 is 0 Å². The van der Waals surface area contributed by atoms with E-state index in [1.807, 2.05) is 18.2 Å². The molecule has 0 radical (unpaired) electrons. The molecule has 1 N–H and O–H groups in total. The van der Waals surface area contributed by atoms with Gasteiger partial charge in [-0.3, -0.25) is 0 Å². The molecule has 0 aliphatic heterocycles. The molecular weight excluding hydrogens is 172 g/mol. The first-order valence-corrected chi connectivity index (χ1v) is 4.59. The minimum atomic E-state index is 0.712. The van der Waals surface area contributed by atoms with Gasteiger partial charge < -0.3 is 0 Å². The molecule has 70 valence electrons. The van der Waals surface area contributed by atoms with Crippen LogP contribution in [0.4, 0.5) is 5.69 Å². The van der Waals surface area contributed by atoms with Gasteiger partial charge in [0.25, 0.3) is 0 Å². The number of fused-ring (bicyclic) bond motifs is 1. The molecule has 0 spiro atoms. The maximum Gasteiger partial charge on any atom is 0.0856 e. The van der Waals surface area contributed by atoms with Crippen molar-refractivity contribution in [3.05, 3.63) is 41.5 Å². The summed E-state index contributed by atoms with van der Waals surface area (Å²) in [7, 11) is 0. The summed E-state index contributed by atoms with van der Waals surface area (Å²) < 4.78 is 0. The zero-order valence-corrected chi connectivity index (χ0v) is 8.33. The second kappa shape index (κ2) is 3.22. The molecule has 0 bridgehead atoms. The first kappa shape index (κ1) is 8.88. The lowest BCUT2D eigenvalue weighted by atomic mass is 10.0. The smallest absolute Gasteiger partial charge is 0.0856 e. The van der Waals surface area contributed by atoms with Gasteiger partial charge >= 0.3 is 0 Å². The molecule has 2 nitrogen and oxygen atoms in total. The highest BCUT2D eigenvalue weighted by atomic mass is 15.0. The fourth-order valence-corrected chi connectivity index (χ4v) is 1.79. The largest absolute Gasteiger partial charge is 0.204 e. The Kier molecular flexibility index (Phi) is 2.04. The summed E-state index contributed by atoms with van der Waals surface area (Å²) in [5.74, 6) is 0. The van der Waals surface area contributed by atoms with E-state index in [4.69, 9.17) is 5.53 Å². The van der Waals surface area contributed by atoms with Gasteiger partial charge in [0, 0.05) is 0 Å². The molecule has 0 unspecified atom stereocenters. The summed E-state index contributed by atoms with van der Waals surface area (Å²) in [6.07, 6.45) is 0. The third-order valence-electron chi connectivity index (χ3n) is 2.42. The number of rotatable bonds is 1. The maximum atomic E-state index is 6.96. The summed E-state index contributed by atoms with van der Waals surface area (Å²) in [4.78, 5) is 0. The quantitative estimate of drug-likeness (QED) is 0.647. The first-order valence-electron chi connectivity index (χ1n) is 4.59. The molecule has 0 saturated heterocycles. The van der Waals surface area contributed by atoms with Crippen LogP contribution in [0.3, 0.4) is 0 Å². The fraction of sp³-hybridized carbons (Fsp3) is 0.167. The summed E-state index contributed by atoms with van der Waals surface area (Å²) in [5.41, 5.74) is 10.2. The van der Waals surface area contributed by atoms with Crippen molar-refractivity contribution < 1.29 is 0 Å². The van der Waals surface area contributed by atoms with Crippen molar-refractivity contribution in [3.8, 4) is 0 Å². The van der Waals surface area contributed by atoms with Crippen LogP contribution >= 0.6 is 0 Å². The second-order valence-electron chi connectivity index (χ2n) is 3.60. The Labute approximate surface area is 83.1 Å². The minimum absolute atomic E-state index is 0.712. The first-order chi connectivity index (χ1) is 6.70. The Morgan fingerprint density at radius 2 is 1.86 bits per heavy atom. The summed E-state index contributed by atoms with van der Waals surface area (Å²) >= 11 is 0. The molecule has 0 amide bonds. The molecule has 2 aromatic rings. The van der Waals surface area contributed by atoms with Gasteiger partial charge in [-0.2, -0.15) is 5.11 Å². The second-order valence-corrected chi connectivity index (χ2v) is 3.60. The van der Waals surface area contributed by atoms with Crippen molar-refractivity contribution in [2.24, 2.45) is 5.11 Å². The van der Waals surface area contributed by atoms with Crippen molar-refractivity contribution >= 4 is 16.5 Å². The lowest BCUT2D eigenvalue weighted by molar-refractivity contribution is 1.15. The van der Waals surface area contributed by atoms with Crippen LogP contribution in [0.1, 0.15) is 11.1 Å². The van der Waals surface area contributed by atoms with Gasteiger partial charge in [-0.25, -0.2) is 5.53 Å². The molecule has 2 aromatic carbocycles. The predicted octanol–water partition coefficient (Wildman–Crippen LogP) is 4.12. The molecule has 2 rings (SSSR count). The number of hydrogen-bond acceptors (Lipinski definition) is 2. The van der Waals surface area contributed by atoms with E-state index in [1.54, 1.807) is 0 Å². The normalized spacial score (nSPS) is 10.4. The van der Waals surface area contributed by atoms with Gasteiger partial charge in [0.05, 0.1) is 5.69 Å². The van der Waals surface area contributed by atoms with Crippen LogP contribution in [0.15, 0.2) is 35.4 Å². The molecular formula is C12H12N2. The van der Waals surface area contributed by atoms with E-state index in [0.29, 0.717) is 5.69 Å². The lowest BCUT2D eigenvalue weighted by Crippen LogP contribution is -1.80. The van der Waals surface area contributed by atoms with Crippen LogP contribution in [-0.4, -0.2) is 0 Å². The van der Waals surface area contributed by atoms with Crippen molar-refractivity contribution in [2.75, 3.05) is 0 Å². The Hall–Kier alpha value is -1.70. The van der Waals surface area contributed by atoms with Gasteiger partial charge in [-0.05, 0) is 42.3 Å². The van der Waals surface area contributed by atoms with E-state index >= 15 is 0 Å². The van der Waals surface area contributed by atoms with Crippen molar-refractivity contribution in [3.63, 3.8) is 0 Å². The zero-order chi connectivity index (χ0) is 10.1. The summed E-state index contributed by atoms with van der Waals surface area (Å²) in [6, 6.07) is 10.1. The number of aryl methyl sites for hydroxylation is 2. The van der Waals surface area contributed by atoms with Crippen LogP contribution in [0.25, 0.3) is 10.8 Å². The van der Waals surface area contributed by atoms with Gasteiger partial charge in [0.1, 0.15) is 0 Å². The molecule has 0 fully saturated rings. The highest BCUT2D eigenvalue weighted by molar-refractivity contribution is 5.88. The molecule has 0 heterocycles. The molecule has 0 aliphatic carbocycles. The van der Waals surface area contributed by atoms with Gasteiger partial charge in [0.15, 0.2) is 0 Å². The van der Waals surface area contributed by atoms with E-state index in [0.717, 1.165) is 0 Å². The van der Waals surface area contributed by atoms with Crippen LogP contribution in [0.5, 0.6) is 0 Å². The SMILES string of the molecule is Cc1cc(C)c2cc(N=N)ccc2c1. The molecule has 0 aromatic heterocycles. The van der Waals surface area contributed by atoms with Gasteiger partial charge in [-0.1, -0.05) is 23.8 Å². The third kappa shape index (κ3) is 1.39. The number of hydrogen-bond donors (Lipinski definition) is 1. The van der Waals surface area contributed by atoms with Crippen molar-refractivity contribution in [1.29, 1.82) is 5.53 Å². The monoisotopic (exact) mass is 184 g/mol. The zero-order valence-electron chi connectivity index (χ0n) is 8.33. The van der Waals surface area contributed by atoms with E-state index in [9.17, 15) is 0 Å². The molecule has 0 saturated carbocycles. The number of benzene rings is 2. The molecule has 14 heavy (non-hydrogen) atoms. The van der Waals surface area contributed by atoms with E-state index in [-0.39, 0.29) is 0 Å². The Balaban J connectivity index is 2.81. The van der Waals surface area contributed by atoms with Crippen LogP contribution in [-0.2, 0) is 0 Å². The summed E-state index contributed by atoms with van der Waals surface area (Å²) in [5, 5.41) is 5.84. The van der Waals surface area contributed by atoms with Crippen LogP contribution in [0, 0.1) is 19.4 Å². The molecule has 2 heteroatoms. The Morgan fingerprint density at radius 1 is 1.07 bits per heavy atom. The average molecular weight is 184 g/mol. The average Bonchev–Trinajstić information content (AvgIpc) is 2.17. The fourth-order valence-electron chi connectivity index (χ4n) is 1.79. The maximum absolute atomic E-state index is 6.96. The topological polar surface area (TPSA) is 36.2 Å². The highest BCUT2D eigenvalue weighted by Crippen LogP contribution is 2.25. The number of nitrogens with one attached hydrogen (secondary N) is 1. The van der Waals surface area contributed by atoms with Crippen molar-refractivity contribution in [2.45, 2.75) is 13.8 Å². The Morgan fingerprint density at radius 3 is 2.57 bits per heavy atom.